The minimum absolute atomic E-state index is 0.0490. The Morgan fingerprint density at radius 1 is 0.943 bits per heavy atom. The molecule has 2 N–H and O–H groups in total. The van der Waals surface area contributed by atoms with Crippen LogP contribution in [0.3, 0.4) is 0 Å². The molecule has 5 rings (SSSR count). The van der Waals surface area contributed by atoms with Crippen LogP contribution in [0.15, 0.2) is 65.1 Å². The van der Waals surface area contributed by atoms with E-state index in [1.54, 1.807) is 6.07 Å². The normalized spacial score (nSPS) is 16.2. The van der Waals surface area contributed by atoms with E-state index >= 15 is 0 Å². The standard InChI is InChI=1S/C28H30N2O5/c31-27(32)25(17-19-13-14-26(35-19)30-15-7-1-2-8-16-30)29-28(33)34-18-24-22-11-5-3-9-20(22)21-10-4-6-12-23(21)24/h3-6,9-14,24-25H,1-2,7-8,15-18H2,(H,29,33)(H,31,32). The van der Waals surface area contributed by atoms with E-state index in [2.05, 4.69) is 22.3 Å². The second kappa shape index (κ2) is 10.3. The molecule has 2 aromatic carbocycles. The van der Waals surface area contributed by atoms with Gasteiger partial charge in [-0.3, -0.25) is 0 Å². The maximum Gasteiger partial charge on any atom is 0.407 e. The summed E-state index contributed by atoms with van der Waals surface area (Å²) in [6, 6.07) is 18.7. The highest BCUT2D eigenvalue weighted by Gasteiger charge is 2.30. The quantitative estimate of drug-likeness (QED) is 0.489. The highest BCUT2D eigenvalue weighted by molar-refractivity contribution is 5.81. The maximum absolute atomic E-state index is 12.6. The highest BCUT2D eigenvalue weighted by atomic mass is 16.5. The third kappa shape index (κ3) is 5.04. The molecule has 1 amide bonds. The second-order valence-electron chi connectivity index (χ2n) is 9.21. The molecule has 182 valence electrons. The molecule has 7 nitrogen and oxygen atoms in total. The number of benzene rings is 2. The molecule has 1 unspecified atom stereocenters. The molecule has 1 atom stereocenters. The van der Waals surface area contributed by atoms with E-state index in [9.17, 15) is 14.7 Å². The van der Waals surface area contributed by atoms with Crippen LogP contribution in [0.5, 0.6) is 0 Å². The Hall–Kier alpha value is -3.74. The third-order valence-electron chi connectivity index (χ3n) is 6.90. The summed E-state index contributed by atoms with van der Waals surface area (Å²) in [5, 5.41) is 12.2. The number of carboxylic acids is 1. The zero-order valence-electron chi connectivity index (χ0n) is 19.6. The second-order valence-corrected chi connectivity index (χ2v) is 9.21. The molecule has 0 spiro atoms. The number of nitrogens with one attached hydrogen (secondary N) is 1. The van der Waals surface area contributed by atoms with Crippen molar-refractivity contribution in [2.24, 2.45) is 0 Å². The summed E-state index contributed by atoms with van der Waals surface area (Å²) in [5.41, 5.74) is 4.48. The van der Waals surface area contributed by atoms with Gasteiger partial charge in [0, 0.05) is 31.5 Å². The molecule has 3 aromatic rings. The van der Waals surface area contributed by atoms with Gasteiger partial charge in [0.15, 0.2) is 5.88 Å². The van der Waals surface area contributed by atoms with Crippen LogP contribution >= 0.6 is 0 Å². The summed E-state index contributed by atoms with van der Waals surface area (Å²) >= 11 is 0. The van der Waals surface area contributed by atoms with Gasteiger partial charge in [-0.15, -0.1) is 0 Å². The van der Waals surface area contributed by atoms with E-state index in [1.807, 2.05) is 42.5 Å². The fraction of sp³-hybridized carbons (Fsp3) is 0.357. The molecule has 2 aliphatic rings. The Labute approximate surface area is 204 Å². The van der Waals surface area contributed by atoms with Crippen LogP contribution in [0, 0.1) is 0 Å². The van der Waals surface area contributed by atoms with Crippen LogP contribution in [0.4, 0.5) is 10.7 Å². The van der Waals surface area contributed by atoms with Crippen LogP contribution in [-0.4, -0.2) is 42.9 Å². The molecule has 2 heterocycles. The van der Waals surface area contributed by atoms with E-state index in [-0.39, 0.29) is 18.9 Å². The van der Waals surface area contributed by atoms with Crippen molar-refractivity contribution in [2.75, 3.05) is 24.6 Å². The van der Waals surface area contributed by atoms with Crippen LogP contribution in [0.25, 0.3) is 11.1 Å². The number of carboxylic acid groups (broad SMARTS) is 1. The van der Waals surface area contributed by atoms with E-state index in [0.717, 1.165) is 54.1 Å². The lowest BCUT2D eigenvalue weighted by Crippen LogP contribution is -2.42. The number of alkyl carbamates (subject to hydrolysis) is 1. The van der Waals surface area contributed by atoms with E-state index in [0.29, 0.717) is 5.76 Å². The SMILES string of the molecule is O=C(NC(Cc1ccc(N2CCCCCC2)o1)C(=O)O)OCC1c2ccccc2-c2ccccc21. The van der Waals surface area contributed by atoms with Crippen LogP contribution in [0.1, 0.15) is 48.5 Å². The van der Waals surface area contributed by atoms with Crippen molar-refractivity contribution in [3.8, 4) is 11.1 Å². The Bertz CT molecular complexity index is 1150. The van der Waals surface area contributed by atoms with Crippen molar-refractivity contribution in [1.29, 1.82) is 0 Å². The number of rotatable bonds is 7. The topological polar surface area (TPSA) is 92.0 Å². The molecule has 1 aliphatic carbocycles. The first-order valence-corrected chi connectivity index (χ1v) is 12.3. The lowest BCUT2D eigenvalue weighted by molar-refractivity contribution is -0.139. The summed E-state index contributed by atoms with van der Waals surface area (Å²) in [6.45, 7) is 2.01. The number of carbonyl (C=O) groups excluding carboxylic acids is 1. The largest absolute Gasteiger partial charge is 0.480 e. The number of hydrogen-bond donors (Lipinski definition) is 2. The molecule has 0 radical (unpaired) electrons. The number of anilines is 1. The summed E-state index contributed by atoms with van der Waals surface area (Å²) in [6.07, 6.45) is 3.98. The highest BCUT2D eigenvalue weighted by Crippen LogP contribution is 2.44. The first-order chi connectivity index (χ1) is 17.1. The number of nitrogens with zero attached hydrogens (tertiary/aromatic N) is 1. The molecular weight excluding hydrogens is 444 g/mol. The van der Waals surface area contributed by atoms with E-state index < -0.39 is 18.1 Å². The number of hydrogen-bond acceptors (Lipinski definition) is 5. The first kappa shape index (κ1) is 23.0. The molecule has 1 aliphatic heterocycles. The van der Waals surface area contributed by atoms with Gasteiger partial charge < -0.3 is 24.5 Å². The molecule has 1 saturated heterocycles. The summed E-state index contributed by atoms with van der Waals surface area (Å²) in [5.74, 6) is 0.0617. The number of amides is 1. The zero-order valence-corrected chi connectivity index (χ0v) is 19.6. The molecule has 1 fully saturated rings. The van der Waals surface area contributed by atoms with E-state index in [1.165, 1.54) is 12.8 Å². The Morgan fingerprint density at radius 3 is 2.20 bits per heavy atom. The van der Waals surface area contributed by atoms with Gasteiger partial charge in [-0.1, -0.05) is 61.4 Å². The van der Waals surface area contributed by atoms with Crippen molar-refractivity contribution in [1.82, 2.24) is 5.32 Å². The number of ether oxygens (including phenoxy) is 1. The van der Waals surface area contributed by atoms with Crippen molar-refractivity contribution in [3.05, 3.63) is 77.6 Å². The fourth-order valence-electron chi connectivity index (χ4n) is 5.12. The van der Waals surface area contributed by atoms with Gasteiger partial charge in [-0.05, 0) is 41.2 Å². The van der Waals surface area contributed by atoms with Gasteiger partial charge in [0.2, 0.25) is 0 Å². The molecule has 0 saturated carbocycles. The third-order valence-corrected chi connectivity index (χ3v) is 6.90. The van der Waals surface area contributed by atoms with Crippen molar-refractivity contribution in [3.63, 3.8) is 0 Å². The number of furan rings is 1. The molecule has 1 aromatic heterocycles. The Kier molecular flexibility index (Phi) is 6.75. The predicted octanol–water partition coefficient (Wildman–Crippen LogP) is 5.19. The summed E-state index contributed by atoms with van der Waals surface area (Å²) in [7, 11) is 0. The summed E-state index contributed by atoms with van der Waals surface area (Å²) in [4.78, 5) is 26.6. The first-order valence-electron chi connectivity index (χ1n) is 12.3. The summed E-state index contributed by atoms with van der Waals surface area (Å²) < 4.78 is 11.5. The van der Waals surface area contributed by atoms with Gasteiger partial charge in [0.05, 0.1) is 0 Å². The number of fused-ring (bicyclic) bond motifs is 3. The van der Waals surface area contributed by atoms with Gasteiger partial charge in [-0.25, -0.2) is 9.59 Å². The lowest BCUT2D eigenvalue weighted by atomic mass is 9.98. The van der Waals surface area contributed by atoms with Gasteiger partial charge in [0.25, 0.3) is 0 Å². The van der Waals surface area contributed by atoms with Crippen molar-refractivity contribution >= 4 is 17.9 Å². The average molecular weight is 475 g/mol. The minimum Gasteiger partial charge on any atom is -0.480 e. The van der Waals surface area contributed by atoms with E-state index in [4.69, 9.17) is 9.15 Å². The van der Waals surface area contributed by atoms with Gasteiger partial charge in [0.1, 0.15) is 18.4 Å². The lowest BCUT2D eigenvalue weighted by Gasteiger charge is -2.19. The minimum atomic E-state index is -1.14. The van der Waals surface area contributed by atoms with Gasteiger partial charge >= 0.3 is 12.1 Å². The van der Waals surface area contributed by atoms with Crippen LogP contribution < -0.4 is 10.2 Å². The molecule has 0 bridgehead atoms. The molecular formula is C28H30N2O5. The maximum atomic E-state index is 12.6. The Morgan fingerprint density at radius 2 is 1.57 bits per heavy atom. The zero-order chi connectivity index (χ0) is 24.2. The smallest absolute Gasteiger partial charge is 0.407 e. The van der Waals surface area contributed by atoms with Crippen molar-refractivity contribution < 1.29 is 23.8 Å². The van der Waals surface area contributed by atoms with Gasteiger partial charge in [-0.2, -0.15) is 0 Å². The monoisotopic (exact) mass is 474 g/mol. The number of aliphatic carboxylic acids is 1. The number of carbonyl (C=O) groups is 2. The Balaban J connectivity index is 1.21. The average Bonchev–Trinajstić information content (AvgIpc) is 3.34. The molecule has 35 heavy (non-hydrogen) atoms. The van der Waals surface area contributed by atoms with Crippen LogP contribution in [0.2, 0.25) is 0 Å². The van der Waals surface area contributed by atoms with Crippen molar-refractivity contribution in [2.45, 2.75) is 44.1 Å². The molecule has 7 heteroatoms. The van der Waals surface area contributed by atoms with Crippen LogP contribution in [-0.2, 0) is 16.0 Å². The predicted molar refractivity (Wildman–Crippen MR) is 133 cm³/mol. The fourth-order valence-corrected chi connectivity index (χ4v) is 5.12.